The second kappa shape index (κ2) is 7.53. The number of hydrogen-bond donors (Lipinski definition) is 1. The molecule has 0 aliphatic heterocycles. The molecule has 1 aliphatic carbocycles. The Morgan fingerprint density at radius 2 is 2.07 bits per heavy atom. The fourth-order valence-electron chi connectivity index (χ4n) is 3.14. The van der Waals surface area contributed by atoms with E-state index in [9.17, 15) is 4.79 Å². The summed E-state index contributed by atoms with van der Waals surface area (Å²) in [5.41, 5.74) is 4.29. The molecule has 3 aromatic rings. The van der Waals surface area contributed by atoms with Crippen LogP contribution in [0.4, 0.5) is 5.95 Å². The normalized spacial score (nSPS) is 15.4. The molecule has 136 valence electrons. The van der Waals surface area contributed by atoms with Gasteiger partial charge in [0.2, 0.25) is 0 Å². The van der Waals surface area contributed by atoms with Crippen molar-refractivity contribution in [3.63, 3.8) is 0 Å². The number of aliphatic imine (C=N–C) groups is 1. The molecule has 0 unspecified atom stereocenters. The Morgan fingerprint density at radius 3 is 2.81 bits per heavy atom. The lowest BCUT2D eigenvalue weighted by Gasteiger charge is -2.06. The Morgan fingerprint density at radius 1 is 1.22 bits per heavy atom. The number of nitrogens with one attached hydrogen (secondary N) is 1. The minimum atomic E-state index is -0.0679. The van der Waals surface area contributed by atoms with E-state index in [0.29, 0.717) is 18.1 Å². The van der Waals surface area contributed by atoms with E-state index in [1.807, 2.05) is 49.4 Å². The molecule has 1 N–H and O–H groups in total. The highest BCUT2D eigenvalue weighted by atomic mass is 16.1. The van der Waals surface area contributed by atoms with Crippen LogP contribution in [-0.2, 0) is 0 Å². The molecule has 2 aromatic heterocycles. The van der Waals surface area contributed by atoms with Crippen LogP contribution in [0.1, 0.15) is 36.5 Å². The molecule has 0 saturated heterocycles. The van der Waals surface area contributed by atoms with E-state index in [-0.39, 0.29) is 5.91 Å². The zero-order valence-corrected chi connectivity index (χ0v) is 15.2. The molecule has 0 bridgehead atoms. The maximum atomic E-state index is 11.9. The summed E-state index contributed by atoms with van der Waals surface area (Å²) in [6.07, 6.45) is 7.37. The molecular weight excluding hydrogens is 338 g/mol. The van der Waals surface area contributed by atoms with Crippen molar-refractivity contribution in [1.29, 1.82) is 0 Å². The van der Waals surface area contributed by atoms with Crippen LogP contribution in [0.3, 0.4) is 0 Å². The first kappa shape index (κ1) is 17.1. The summed E-state index contributed by atoms with van der Waals surface area (Å²) in [7, 11) is 0. The number of carbonyl (C=O) groups excluding carboxylic acids is 1. The monoisotopic (exact) mass is 359 g/mol. The Balaban J connectivity index is 1.69. The molecule has 1 aliphatic rings. The molecule has 0 saturated carbocycles. The van der Waals surface area contributed by atoms with Crippen LogP contribution >= 0.6 is 0 Å². The maximum absolute atomic E-state index is 11.9. The SMILES string of the molecule is CCNC(=O)c1ccc(-c2cccc3nc(N=C4C=CCCC4)nn23)cc1. The number of benzene rings is 1. The summed E-state index contributed by atoms with van der Waals surface area (Å²) in [6, 6.07) is 13.4. The van der Waals surface area contributed by atoms with Gasteiger partial charge < -0.3 is 5.32 Å². The predicted octanol–water partition coefficient (Wildman–Crippen LogP) is 3.96. The van der Waals surface area contributed by atoms with Crippen LogP contribution in [0.2, 0.25) is 0 Å². The Labute approximate surface area is 157 Å². The first-order valence-electron chi connectivity index (χ1n) is 9.23. The van der Waals surface area contributed by atoms with E-state index in [1.54, 1.807) is 4.52 Å². The smallest absolute Gasteiger partial charge is 0.269 e. The fraction of sp³-hybridized carbons (Fsp3) is 0.238. The lowest BCUT2D eigenvalue weighted by Crippen LogP contribution is -2.22. The van der Waals surface area contributed by atoms with Gasteiger partial charge in [-0.1, -0.05) is 24.3 Å². The zero-order chi connectivity index (χ0) is 18.6. The fourth-order valence-corrected chi connectivity index (χ4v) is 3.14. The van der Waals surface area contributed by atoms with Gasteiger partial charge in [0.15, 0.2) is 5.65 Å². The standard InChI is InChI=1S/C21H21N5O/c1-2-22-20(27)16-13-11-15(12-14-16)18-9-6-10-19-24-21(25-26(18)19)23-17-7-4-3-5-8-17/h4,6-7,9-14H,2-3,5,8H2,1H3,(H,22,27). The second-order valence-electron chi connectivity index (χ2n) is 6.43. The van der Waals surface area contributed by atoms with Gasteiger partial charge in [-0.05, 0) is 56.5 Å². The molecule has 6 heteroatoms. The third kappa shape index (κ3) is 3.65. The highest BCUT2D eigenvalue weighted by Gasteiger charge is 2.11. The van der Waals surface area contributed by atoms with Gasteiger partial charge in [0.25, 0.3) is 11.9 Å². The number of amides is 1. The number of hydrogen-bond acceptors (Lipinski definition) is 4. The van der Waals surface area contributed by atoms with E-state index < -0.39 is 0 Å². The topological polar surface area (TPSA) is 71.7 Å². The van der Waals surface area contributed by atoms with Crippen molar-refractivity contribution in [2.45, 2.75) is 26.2 Å². The van der Waals surface area contributed by atoms with Crippen molar-refractivity contribution in [2.75, 3.05) is 6.54 Å². The summed E-state index contributed by atoms with van der Waals surface area (Å²) in [5, 5.41) is 7.38. The average molecular weight is 359 g/mol. The van der Waals surface area contributed by atoms with E-state index in [0.717, 1.165) is 41.9 Å². The van der Waals surface area contributed by atoms with E-state index in [1.165, 1.54) is 0 Å². The van der Waals surface area contributed by atoms with E-state index in [2.05, 4.69) is 32.5 Å². The van der Waals surface area contributed by atoms with Gasteiger partial charge in [0, 0.05) is 23.4 Å². The Hall–Kier alpha value is -3.28. The second-order valence-corrected chi connectivity index (χ2v) is 6.43. The molecule has 4 rings (SSSR count). The number of aromatic nitrogens is 3. The number of pyridine rings is 1. The van der Waals surface area contributed by atoms with Gasteiger partial charge in [0.1, 0.15) is 0 Å². The third-order valence-electron chi connectivity index (χ3n) is 4.49. The molecule has 1 aromatic carbocycles. The van der Waals surface area contributed by atoms with Crippen molar-refractivity contribution in [2.24, 2.45) is 4.99 Å². The maximum Gasteiger partial charge on any atom is 0.269 e. The molecule has 0 atom stereocenters. The van der Waals surface area contributed by atoms with Crippen LogP contribution in [0.25, 0.3) is 16.9 Å². The van der Waals surface area contributed by atoms with Gasteiger partial charge in [-0.25, -0.2) is 9.51 Å². The average Bonchev–Trinajstić information content (AvgIpc) is 3.11. The number of fused-ring (bicyclic) bond motifs is 1. The minimum absolute atomic E-state index is 0.0679. The van der Waals surface area contributed by atoms with Gasteiger partial charge in [-0.15, -0.1) is 5.10 Å². The highest BCUT2D eigenvalue weighted by molar-refractivity contribution is 5.97. The van der Waals surface area contributed by atoms with Crippen LogP contribution in [0.15, 0.2) is 59.6 Å². The largest absolute Gasteiger partial charge is 0.352 e. The summed E-state index contributed by atoms with van der Waals surface area (Å²) >= 11 is 0. The Bertz CT molecular complexity index is 1030. The third-order valence-corrected chi connectivity index (χ3v) is 4.49. The van der Waals surface area contributed by atoms with E-state index in [4.69, 9.17) is 0 Å². The summed E-state index contributed by atoms with van der Waals surface area (Å²) in [4.78, 5) is 21.0. The molecule has 6 nitrogen and oxygen atoms in total. The molecule has 0 radical (unpaired) electrons. The van der Waals surface area contributed by atoms with Crippen LogP contribution in [0, 0.1) is 0 Å². The molecule has 27 heavy (non-hydrogen) atoms. The van der Waals surface area contributed by atoms with Crippen molar-refractivity contribution in [3.05, 3.63) is 60.2 Å². The predicted molar refractivity (Wildman–Crippen MR) is 107 cm³/mol. The zero-order valence-electron chi connectivity index (χ0n) is 15.2. The summed E-state index contributed by atoms with van der Waals surface area (Å²) in [5.74, 6) is 0.407. The van der Waals surface area contributed by atoms with Crippen LogP contribution in [0.5, 0.6) is 0 Å². The van der Waals surface area contributed by atoms with E-state index >= 15 is 0 Å². The van der Waals surface area contributed by atoms with Gasteiger partial charge in [-0.3, -0.25) is 4.79 Å². The lowest BCUT2D eigenvalue weighted by molar-refractivity contribution is 0.0956. The quantitative estimate of drug-likeness (QED) is 0.766. The van der Waals surface area contributed by atoms with Crippen molar-refractivity contribution < 1.29 is 4.79 Å². The first-order valence-corrected chi connectivity index (χ1v) is 9.23. The molecule has 1 amide bonds. The van der Waals surface area contributed by atoms with Crippen LogP contribution < -0.4 is 5.32 Å². The van der Waals surface area contributed by atoms with Gasteiger partial charge in [-0.2, -0.15) is 4.98 Å². The van der Waals surface area contributed by atoms with Crippen molar-refractivity contribution >= 4 is 23.2 Å². The first-order chi connectivity index (χ1) is 13.2. The highest BCUT2D eigenvalue weighted by Crippen LogP contribution is 2.22. The Kier molecular flexibility index (Phi) is 4.78. The lowest BCUT2D eigenvalue weighted by atomic mass is 10.1. The summed E-state index contributed by atoms with van der Waals surface area (Å²) < 4.78 is 1.80. The molecule has 0 fully saturated rings. The number of carbonyl (C=O) groups is 1. The van der Waals surface area contributed by atoms with Crippen molar-refractivity contribution in [3.8, 4) is 11.3 Å². The summed E-state index contributed by atoms with van der Waals surface area (Å²) in [6.45, 7) is 2.51. The minimum Gasteiger partial charge on any atom is -0.352 e. The molecule has 2 heterocycles. The van der Waals surface area contributed by atoms with Crippen molar-refractivity contribution in [1.82, 2.24) is 19.9 Å². The van der Waals surface area contributed by atoms with Crippen LogP contribution in [-0.4, -0.2) is 32.8 Å². The molecular formula is C21H21N5O. The van der Waals surface area contributed by atoms with Gasteiger partial charge >= 0.3 is 0 Å². The number of allylic oxidation sites excluding steroid dienone is 2. The molecule has 0 spiro atoms. The number of nitrogens with zero attached hydrogens (tertiary/aromatic N) is 4. The number of rotatable bonds is 4. The van der Waals surface area contributed by atoms with Gasteiger partial charge in [0.05, 0.1) is 5.69 Å².